The fourth-order valence-electron chi connectivity index (χ4n) is 2.87. The molecule has 1 unspecified atom stereocenters. The summed E-state index contributed by atoms with van der Waals surface area (Å²) < 4.78 is 6.15. The van der Waals surface area contributed by atoms with Crippen molar-refractivity contribution in [2.75, 3.05) is 27.2 Å². The van der Waals surface area contributed by atoms with Crippen LogP contribution >= 0.6 is 28.3 Å². The summed E-state index contributed by atoms with van der Waals surface area (Å²) >= 11 is 3.48. The maximum absolute atomic E-state index is 12.4. The van der Waals surface area contributed by atoms with E-state index >= 15 is 0 Å². The molecule has 1 heterocycles. The van der Waals surface area contributed by atoms with Gasteiger partial charge in [0.25, 0.3) is 0 Å². The van der Waals surface area contributed by atoms with Crippen LogP contribution in [0, 0.1) is 0 Å². The maximum Gasteiger partial charge on any atom is 0.223 e. The van der Waals surface area contributed by atoms with Gasteiger partial charge in [0.1, 0.15) is 5.75 Å². The third kappa shape index (κ3) is 4.86. The molecule has 124 valence electrons. The van der Waals surface area contributed by atoms with E-state index in [1.807, 2.05) is 30.1 Å². The SMILES string of the molecule is CNCC1CCCN1C(=O)CCc1ccc(OC)c(Br)c1.Cl. The number of carbonyl (C=O) groups is 1. The largest absolute Gasteiger partial charge is 0.496 e. The van der Waals surface area contributed by atoms with Crippen LogP contribution in [0.4, 0.5) is 0 Å². The Morgan fingerprint density at radius 1 is 1.50 bits per heavy atom. The van der Waals surface area contributed by atoms with Crippen LogP contribution in [0.5, 0.6) is 5.75 Å². The Morgan fingerprint density at radius 2 is 2.27 bits per heavy atom. The molecule has 1 amide bonds. The van der Waals surface area contributed by atoms with Gasteiger partial charge < -0.3 is 15.0 Å². The summed E-state index contributed by atoms with van der Waals surface area (Å²) in [5.41, 5.74) is 1.15. The van der Waals surface area contributed by atoms with Gasteiger partial charge in [-0.05, 0) is 59.9 Å². The van der Waals surface area contributed by atoms with Gasteiger partial charge in [0.15, 0.2) is 0 Å². The second-order valence-electron chi connectivity index (χ2n) is 5.41. The minimum absolute atomic E-state index is 0. The molecule has 0 aromatic heterocycles. The number of hydrogen-bond donors (Lipinski definition) is 1. The van der Waals surface area contributed by atoms with E-state index in [2.05, 4.69) is 21.2 Å². The van der Waals surface area contributed by atoms with Crippen LogP contribution in [-0.4, -0.2) is 44.1 Å². The normalized spacial score (nSPS) is 17.2. The fraction of sp³-hybridized carbons (Fsp3) is 0.562. The predicted molar refractivity (Wildman–Crippen MR) is 94.9 cm³/mol. The molecule has 1 aromatic rings. The quantitative estimate of drug-likeness (QED) is 0.810. The number of methoxy groups -OCH3 is 1. The number of nitrogens with one attached hydrogen (secondary N) is 1. The topological polar surface area (TPSA) is 41.6 Å². The van der Waals surface area contributed by atoms with E-state index in [1.54, 1.807) is 7.11 Å². The van der Waals surface area contributed by atoms with Crippen LogP contribution in [0.3, 0.4) is 0 Å². The monoisotopic (exact) mass is 390 g/mol. The number of nitrogens with zero attached hydrogens (tertiary/aromatic N) is 1. The number of ether oxygens (including phenoxy) is 1. The third-order valence-electron chi connectivity index (χ3n) is 3.98. The van der Waals surface area contributed by atoms with Crippen molar-refractivity contribution in [2.45, 2.75) is 31.7 Å². The molecule has 6 heteroatoms. The van der Waals surface area contributed by atoms with Crippen molar-refractivity contribution in [2.24, 2.45) is 0 Å². The van der Waals surface area contributed by atoms with Gasteiger partial charge >= 0.3 is 0 Å². The first kappa shape index (κ1) is 19.3. The van der Waals surface area contributed by atoms with Crippen molar-refractivity contribution >= 4 is 34.2 Å². The first-order valence-corrected chi connectivity index (χ1v) is 8.21. The van der Waals surface area contributed by atoms with E-state index in [0.717, 1.165) is 48.1 Å². The fourth-order valence-corrected chi connectivity index (χ4v) is 3.46. The molecular weight excluding hydrogens is 368 g/mol. The van der Waals surface area contributed by atoms with Crippen LogP contribution in [0.25, 0.3) is 0 Å². The Kier molecular flexibility index (Phi) is 8.21. The summed E-state index contributed by atoms with van der Waals surface area (Å²) in [6, 6.07) is 6.35. The van der Waals surface area contributed by atoms with Gasteiger partial charge in [-0.3, -0.25) is 4.79 Å². The lowest BCUT2D eigenvalue weighted by atomic mass is 10.1. The number of likely N-dealkylation sites (N-methyl/N-ethyl adjacent to an activating group) is 1. The Labute approximate surface area is 147 Å². The highest BCUT2D eigenvalue weighted by atomic mass is 79.9. The van der Waals surface area contributed by atoms with Crippen molar-refractivity contribution < 1.29 is 9.53 Å². The van der Waals surface area contributed by atoms with Gasteiger partial charge in [-0.2, -0.15) is 0 Å². The first-order valence-electron chi connectivity index (χ1n) is 7.42. The number of carbonyl (C=O) groups excluding carboxylic acids is 1. The molecule has 1 aliphatic rings. The zero-order valence-corrected chi connectivity index (χ0v) is 15.5. The molecule has 22 heavy (non-hydrogen) atoms. The van der Waals surface area contributed by atoms with Gasteiger partial charge in [-0.1, -0.05) is 6.07 Å². The van der Waals surface area contributed by atoms with Gasteiger partial charge in [0.2, 0.25) is 5.91 Å². The molecular formula is C16H24BrClN2O2. The molecule has 1 saturated heterocycles. The summed E-state index contributed by atoms with van der Waals surface area (Å²) in [6.45, 7) is 1.79. The Morgan fingerprint density at radius 3 is 2.91 bits per heavy atom. The van der Waals surface area contributed by atoms with Gasteiger partial charge in [-0.25, -0.2) is 0 Å². The minimum atomic E-state index is 0. The molecule has 0 radical (unpaired) electrons. The van der Waals surface area contributed by atoms with E-state index in [1.165, 1.54) is 0 Å². The van der Waals surface area contributed by atoms with Crippen molar-refractivity contribution in [3.05, 3.63) is 28.2 Å². The highest BCUT2D eigenvalue weighted by Crippen LogP contribution is 2.26. The van der Waals surface area contributed by atoms with E-state index in [4.69, 9.17) is 4.74 Å². The summed E-state index contributed by atoms with van der Waals surface area (Å²) in [4.78, 5) is 14.4. The van der Waals surface area contributed by atoms with E-state index in [-0.39, 0.29) is 18.3 Å². The van der Waals surface area contributed by atoms with E-state index < -0.39 is 0 Å². The second kappa shape index (κ2) is 9.38. The van der Waals surface area contributed by atoms with Crippen molar-refractivity contribution in [1.29, 1.82) is 0 Å². The van der Waals surface area contributed by atoms with Crippen LogP contribution in [-0.2, 0) is 11.2 Å². The van der Waals surface area contributed by atoms with E-state index in [9.17, 15) is 4.79 Å². The highest BCUT2D eigenvalue weighted by molar-refractivity contribution is 9.10. The number of likely N-dealkylation sites (tertiary alicyclic amines) is 1. The number of hydrogen-bond acceptors (Lipinski definition) is 3. The van der Waals surface area contributed by atoms with Gasteiger partial charge in [0, 0.05) is 25.6 Å². The van der Waals surface area contributed by atoms with Crippen molar-refractivity contribution in [3.8, 4) is 5.75 Å². The summed E-state index contributed by atoms with van der Waals surface area (Å²) in [5.74, 6) is 1.08. The zero-order chi connectivity index (χ0) is 15.2. The molecule has 0 bridgehead atoms. The van der Waals surface area contributed by atoms with Crippen LogP contribution in [0.2, 0.25) is 0 Å². The first-order chi connectivity index (χ1) is 10.2. The van der Waals surface area contributed by atoms with Gasteiger partial charge in [-0.15, -0.1) is 12.4 Å². The molecule has 4 nitrogen and oxygen atoms in total. The number of halogens is 2. The Bertz CT molecular complexity index is 499. The average Bonchev–Trinajstić information content (AvgIpc) is 2.93. The summed E-state index contributed by atoms with van der Waals surface area (Å²) in [7, 11) is 3.59. The molecule has 0 spiro atoms. The zero-order valence-electron chi connectivity index (χ0n) is 13.1. The standard InChI is InChI=1S/C16H23BrN2O2.ClH/c1-18-11-13-4-3-9-19(13)16(20)8-6-12-5-7-15(21-2)14(17)10-12;/h5,7,10,13,18H,3-4,6,8-9,11H2,1-2H3;1H. The molecule has 2 rings (SSSR count). The lowest BCUT2D eigenvalue weighted by Gasteiger charge is -2.24. The van der Waals surface area contributed by atoms with Crippen LogP contribution < -0.4 is 10.1 Å². The smallest absolute Gasteiger partial charge is 0.223 e. The molecule has 0 aliphatic carbocycles. The summed E-state index contributed by atoms with van der Waals surface area (Å²) in [6.07, 6.45) is 3.57. The number of benzene rings is 1. The van der Waals surface area contributed by atoms with E-state index in [0.29, 0.717) is 12.5 Å². The third-order valence-corrected chi connectivity index (χ3v) is 4.60. The number of rotatable bonds is 6. The predicted octanol–water partition coefficient (Wildman–Crippen LogP) is 3.02. The molecule has 1 aromatic carbocycles. The van der Waals surface area contributed by atoms with Crippen LogP contribution in [0.15, 0.2) is 22.7 Å². The molecule has 1 fully saturated rings. The number of aryl methyl sites for hydroxylation is 1. The van der Waals surface area contributed by atoms with Crippen molar-refractivity contribution in [1.82, 2.24) is 10.2 Å². The number of amides is 1. The molecule has 1 N–H and O–H groups in total. The lowest BCUT2D eigenvalue weighted by molar-refractivity contribution is -0.131. The average molecular weight is 392 g/mol. The lowest BCUT2D eigenvalue weighted by Crippen LogP contribution is -2.40. The Balaban J connectivity index is 0.00000242. The van der Waals surface area contributed by atoms with Crippen molar-refractivity contribution in [3.63, 3.8) is 0 Å². The molecule has 1 aliphatic heterocycles. The minimum Gasteiger partial charge on any atom is -0.496 e. The van der Waals surface area contributed by atoms with Gasteiger partial charge in [0.05, 0.1) is 11.6 Å². The Hall–Kier alpha value is -0.780. The summed E-state index contributed by atoms with van der Waals surface area (Å²) in [5, 5.41) is 3.17. The maximum atomic E-state index is 12.4. The molecule has 0 saturated carbocycles. The highest BCUT2D eigenvalue weighted by Gasteiger charge is 2.27. The van der Waals surface area contributed by atoms with Crippen LogP contribution in [0.1, 0.15) is 24.8 Å². The molecule has 1 atom stereocenters. The second-order valence-corrected chi connectivity index (χ2v) is 6.26.